The van der Waals surface area contributed by atoms with Crippen molar-refractivity contribution in [3.8, 4) is 0 Å². The standard InChI is InChI=1S/C14H23N3OS2/c1-8-9(2)20-12(7-19-8)13-16-14(18-17-13)10-4-3-5-11(15)6-10/h8-12H,3-7,15H2,1-2H3. The molecule has 2 N–H and O–H groups in total. The Morgan fingerprint density at radius 3 is 2.85 bits per heavy atom. The Kier molecular flexibility index (Phi) is 4.62. The summed E-state index contributed by atoms with van der Waals surface area (Å²) in [5.74, 6) is 3.15. The molecule has 5 atom stereocenters. The quantitative estimate of drug-likeness (QED) is 0.903. The topological polar surface area (TPSA) is 64.9 Å². The van der Waals surface area contributed by atoms with Gasteiger partial charge in [0.15, 0.2) is 5.82 Å². The summed E-state index contributed by atoms with van der Waals surface area (Å²) >= 11 is 3.99. The van der Waals surface area contributed by atoms with E-state index in [1.807, 2.05) is 23.5 Å². The minimum atomic E-state index is 0.296. The second kappa shape index (κ2) is 6.28. The minimum Gasteiger partial charge on any atom is -0.339 e. The predicted molar refractivity (Wildman–Crippen MR) is 85.2 cm³/mol. The van der Waals surface area contributed by atoms with E-state index >= 15 is 0 Å². The van der Waals surface area contributed by atoms with Crippen molar-refractivity contribution in [3.05, 3.63) is 11.7 Å². The number of rotatable bonds is 2. The summed E-state index contributed by atoms with van der Waals surface area (Å²) in [6, 6.07) is 0.296. The molecule has 0 radical (unpaired) electrons. The second-order valence-electron chi connectivity index (χ2n) is 5.98. The van der Waals surface area contributed by atoms with E-state index in [0.29, 0.717) is 27.7 Å². The van der Waals surface area contributed by atoms with E-state index in [4.69, 9.17) is 10.3 Å². The molecule has 1 aliphatic heterocycles. The Labute approximate surface area is 129 Å². The van der Waals surface area contributed by atoms with E-state index in [1.54, 1.807) is 0 Å². The molecule has 2 fully saturated rings. The van der Waals surface area contributed by atoms with Crippen molar-refractivity contribution in [3.63, 3.8) is 0 Å². The first-order valence-corrected chi connectivity index (χ1v) is 9.48. The Morgan fingerprint density at radius 2 is 2.10 bits per heavy atom. The summed E-state index contributed by atoms with van der Waals surface area (Å²) in [4.78, 5) is 4.68. The Morgan fingerprint density at radius 1 is 1.25 bits per heavy atom. The molecule has 0 spiro atoms. The minimum absolute atomic E-state index is 0.296. The molecule has 0 bridgehead atoms. The normalized spacial score (nSPS) is 38.9. The van der Waals surface area contributed by atoms with Gasteiger partial charge < -0.3 is 10.3 Å². The molecular formula is C14H23N3OS2. The summed E-state index contributed by atoms with van der Waals surface area (Å²) in [5, 5.41) is 5.96. The lowest BCUT2D eigenvalue weighted by Crippen LogP contribution is -2.27. The maximum atomic E-state index is 6.05. The molecule has 3 rings (SSSR count). The maximum absolute atomic E-state index is 6.05. The van der Waals surface area contributed by atoms with Crippen molar-refractivity contribution in [2.24, 2.45) is 5.73 Å². The number of aromatic nitrogens is 2. The highest BCUT2D eigenvalue weighted by atomic mass is 32.2. The van der Waals surface area contributed by atoms with E-state index in [2.05, 4.69) is 24.0 Å². The molecule has 2 heterocycles. The molecule has 6 heteroatoms. The molecule has 4 nitrogen and oxygen atoms in total. The van der Waals surface area contributed by atoms with Crippen LogP contribution in [0.4, 0.5) is 0 Å². The number of hydrogen-bond donors (Lipinski definition) is 1. The van der Waals surface area contributed by atoms with Crippen LogP contribution in [0.15, 0.2) is 4.52 Å². The monoisotopic (exact) mass is 313 g/mol. The SMILES string of the molecule is CC1SCC(c2noc(C3CCCC(N)C3)n2)SC1C. The molecule has 1 aliphatic carbocycles. The van der Waals surface area contributed by atoms with Crippen molar-refractivity contribution >= 4 is 23.5 Å². The zero-order chi connectivity index (χ0) is 14.1. The molecule has 0 aromatic carbocycles. The first-order valence-electron chi connectivity index (χ1n) is 7.49. The number of nitrogens with two attached hydrogens (primary N) is 1. The molecule has 2 aliphatic rings. The molecule has 20 heavy (non-hydrogen) atoms. The molecule has 1 saturated heterocycles. The van der Waals surface area contributed by atoms with Gasteiger partial charge in [-0.25, -0.2) is 0 Å². The van der Waals surface area contributed by atoms with E-state index < -0.39 is 0 Å². The zero-order valence-corrected chi connectivity index (χ0v) is 13.8. The lowest BCUT2D eigenvalue weighted by molar-refractivity contribution is 0.297. The fraction of sp³-hybridized carbons (Fsp3) is 0.857. The van der Waals surface area contributed by atoms with E-state index in [-0.39, 0.29) is 0 Å². The van der Waals surface area contributed by atoms with Crippen LogP contribution in [0, 0.1) is 0 Å². The summed E-state index contributed by atoms with van der Waals surface area (Å²) in [6.45, 7) is 4.58. The lowest BCUT2D eigenvalue weighted by atomic mass is 9.86. The van der Waals surface area contributed by atoms with Gasteiger partial charge in [0.25, 0.3) is 0 Å². The third kappa shape index (κ3) is 3.17. The molecule has 5 unspecified atom stereocenters. The molecule has 1 saturated carbocycles. The summed E-state index contributed by atoms with van der Waals surface area (Å²) in [5.41, 5.74) is 6.05. The predicted octanol–water partition coefficient (Wildman–Crippen LogP) is 3.35. The second-order valence-corrected chi connectivity index (χ2v) is 8.98. The molecule has 0 amide bonds. The average Bonchev–Trinajstić information content (AvgIpc) is 2.92. The Balaban J connectivity index is 1.67. The Bertz CT molecular complexity index is 453. The van der Waals surface area contributed by atoms with Gasteiger partial charge in [0.1, 0.15) is 0 Å². The third-order valence-corrected chi connectivity index (χ3v) is 7.75. The largest absolute Gasteiger partial charge is 0.339 e. The van der Waals surface area contributed by atoms with Gasteiger partial charge in [0.2, 0.25) is 5.89 Å². The van der Waals surface area contributed by atoms with Gasteiger partial charge in [0.05, 0.1) is 5.25 Å². The van der Waals surface area contributed by atoms with Crippen molar-refractivity contribution in [1.29, 1.82) is 0 Å². The van der Waals surface area contributed by atoms with Crippen LogP contribution in [0.25, 0.3) is 0 Å². The number of hydrogen-bond acceptors (Lipinski definition) is 6. The third-order valence-electron chi connectivity index (χ3n) is 4.36. The summed E-state index contributed by atoms with van der Waals surface area (Å²) in [6.07, 6.45) is 4.42. The van der Waals surface area contributed by atoms with Gasteiger partial charge >= 0.3 is 0 Å². The molecule has 112 valence electrons. The number of nitrogens with zero attached hydrogens (tertiary/aromatic N) is 2. The Hall–Kier alpha value is -0.200. The van der Waals surface area contributed by atoms with E-state index in [1.165, 1.54) is 6.42 Å². The van der Waals surface area contributed by atoms with E-state index in [0.717, 1.165) is 36.7 Å². The van der Waals surface area contributed by atoms with Gasteiger partial charge in [-0.1, -0.05) is 25.4 Å². The van der Waals surface area contributed by atoms with Crippen LogP contribution in [0.3, 0.4) is 0 Å². The molecule has 1 aromatic rings. The van der Waals surface area contributed by atoms with Crippen LogP contribution in [0.2, 0.25) is 0 Å². The average molecular weight is 313 g/mol. The zero-order valence-electron chi connectivity index (χ0n) is 12.1. The molecule has 1 aromatic heterocycles. The van der Waals surface area contributed by atoms with Gasteiger partial charge in [-0.15, -0.1) is 11.8 Å². The van der Waals surface area contributed by atoms with Crippen LogP contribution in [-0.2, 0) is 0 Å². The fourth-order valence-corrected chi connectivity index (χ4v) is 5.75. The highest BCUT2D eigenvalue weighted by molar-refractivity contribution is 8.07. The van der Waals surface area contributed by atoms with Crippen LogP contribution in [0.5, 0.6) is 0 Å². The van der Waals surface area contributed by atoms with E-state index in [9.17, 15) is 0 Å². The van der Waals surface area contributed by atoms with Crippen LogP contribution in [-0.4, -0.2) is 32.4 Å². The van der Waals surface area contributed by atoms with Gasteiger partial charge in [-0.05, 0) is 19.3 Å². The van der Waals surface area contributed by atoms with Gasteiger partial charge in [-0.2, -0.15) is 16.7 Å². The summed E-state index contributed by atoms with van der Waals surface area (Å²) in [7, 11) is 0. The van der Waals surface area contributed by atoms with Gasteiger partial charge in [0, 0.05) is 28.2 Å². The summed E-state index contributed by atoms with van der Waals surface area (Å²) < 4.78 is 5.53. The van der Waals surface area contributed by atoms with Crippen molar-refractivity contribution in [2.45, 2.75) is 67.2 Å². The van der Waals surface area contributed by atoms with Crippen LogP contribution >= 0.6 is 23.5 Å². The van der Waals surface area contributed by atoms with Crippen LogP contribution in [0.1, 0.15) is 62.4 Å². The fourth-order valence-electron chi connectivity index (χ4n) is 2.91. The first kappa shape index (κ1) is 14.7. The first-order chi connectivity index (χ1) is 9.63. The smallest absolute Gasteiger partial charge is 0.229 e. The lowest BCUT2D eigenvalue weighted by Gasteiger charge is -2.29. The van der Waals surface area contributed by atoms with Crippen molar-refractivity contribution < 1.29 is 4.52 Å². The van der Waals surface area contributed by atoms with Crippen molar-refractivity contribution in [2.75, 3.05) is 5.75 Å². The maximum Gasteiger partial charge on any atom is 0.229 e. The number of thioether (sulfide) groups is 2. The van der Waals surface area contributed by atoms with Crippen LogP contribution < -0.4 is 5.73 Å². The molecular weight excluding hydrogens is 290 g/mol. The highest BCUT2D eigenvalue weighted by Gasteiger charge is 2.31. The van der Waals surface area contributed by atoms with Gasteiger partial charge in [-0.3, -0.25) is 0 Å². The highest BCUT2D eigenvalue weighted by Crippen LogP contribution is 2.43. The van der Waals surface area contributed by atoms with Crippen molar-refractivity contribution in [1.82, 2.24) is 10.1 Å².